The summed E-state index contributed by atoms with van der Waals surface area (Å²) in [6.07, 6.45) is 2.99. The lowest BCUT2D eigenvalue weighted by Crippen LogP contribution is -2.08. The van der Waals surface area contributed by atoms with E-state index in [2.05, 4.69) is 9.97 Å². The number of esters is 1. The van der Waals surface area contributed by atoms with Crippen LogP contribution in [0, 0.1) is 0 Å². The minimum atomic E-state index is -0.306. The maximum atomic E-state index is 11.0. The summed E-state index contributed by atoms with van der Waals surface area (Å²) in [5.74, 6) is -0.306. The quantitative estimate of drug-likeness (QED) is 0.689. The van der Waals surface area contributed by atoms with Crippen LogP contribution in [0.1, 0.15) is 12.6 Å². The number of hydrogen-bond donors (Lipinski definition) is 0. The van der Waals surface area contributed by atoms with E-state index in [1.807, 2.05) is 0 Å². The SMILES string of the molecule is CCOC(=O)Cc1cnc(Cl)cn1. The van der Waals surface area contributed by atoms with Crippen LogP contribution in [0.3, 0.4) is 0 Å². The fourth-order valence-electron chi connectivity index (χ4n) is 0.790. The van der Waals surface area contributed by atoms with Gasteiger partial charge in [0.25, 0.3) is 0 Å². The normalized spacial score (nSPS) is 9.69. The Hall–Kier alpha value is -1.16. The Labute approximate surface area is 80.9 Å². The summed E-state index contributed by atoms with van der Waals surface area (Å²) in [6, 6.07) is 0. The van der Waals surface area contributed by atoms with Crippen molar-refractivity contribution in [1.82, 2.24) is 9.97 Å². The summed E-state index contributed by atoms with van der Waals surface area (Å²) < 4.78 is 4.74. The molecule has 5 heteroatoms. The first-order chi connectivity index (χ1) is 6.22. The van der Waals surface area contributed by atoms with Gasteiger partial charge in [0.05, 0.1) is 31.1 Å². The Bertz CT molecular complexity index is 287. The van der Waals surface area contributed by atoms with Gasteiger partial charge in [-0.2, -0.15) is 0 Å². The van der Waals surface area contributed by atoms with Gasteiger partial charge in [0.15, 0.2) is 0 Å². The molecule has 1 aromatic rings. The lowest BCUT2D eigenvalue weighted by molar-refractivity contribution is -0.142. The highest BCUT2D eigenvalue weighted by Gasteiger charge is 2.04. The van der Waals surface area contributed by atoms with Gasteiger partial charge < -0.3 is 4.74 Å². The van der Waals surface area contributed by atoms with Crippen molar-refractivity contribution in [3.05, 3.63) is 23.2 Å². The first-order valence-corrected chi connectivity index (χ1v) is 4.22. The molecule has 0 radical (unpaired) electrons. The predicted molar refractivity (Wildman–Crippen MR) is 47.4 cm³/mol. The van der Waals surface area contributed by atoms with Gasteiger partial charge in [-0.15, -0.1) is 0 Å². The van der Waals surface area contributed by atoms with Gasteiger partial charge in [-0.25, -0.2) is 4.98 Å². The van der Waals surface area contributed by atoms with Gasteiger partial charge in [0, 0.05) is 0 Å². The second-order valence-electron chi connectivity index (χ2n) is 2.31. The molecule has 0 bridgehead atoms. The van der Waals surface area contributed by atoms with E-state index in [9.17, 15) is 4.79 Å². The van der Waals surface area contributed by atoms with Crippen molar-refractivity contribution >= 4 is 17.6 Å². The van der Waals surface area contributed by atoms with Gasteiger partial charge >= 0.3 is 5.97 Å². The van der Waals surface area contributed by atoms with Crippen LogP contribution >= 0.6 is 11.6 Å². The molecule has 0 fully saturated rings. The van der Waals surface area contributed by atoms with Crippen molar-refractivity contribution < 1.29 is 9.53 Å². The third kappa shape index (κ3) is 3.38. The number of aromatic nitrogens is 2. The summed E-state index contributed by atoms with van der Waals surface area (Å²) in [7, 11) is 0. The minimum Gasteiger partial charge on any atom is -0.466 e. The van der Waals surface area contributed by atoms with Crippen molar-refractivity contribution in [2.75, 3.05) is 6.61 Å². The molecular weight excluding hydrogens is 192 g/mol. The van der Waals surface area contributed by atoms with Crippen molar-refractivity contribution in [3.63, 3.8) is 0 Å². The number of carbonyl (C=O) groups excluding carboxylic acids is 1. The van der Waals surface area contributed by atoms with Crippen LogP contribution in [0.15, 0.2) is 12.4 Å². The lowest BCUT2D eigenvalue weighted by Gasteiger charge is -2.00. The fraction of sp³-hybridized carbons (Fsp3) is 0.375. The molecule has 0 amide bonds. The van der Waals surface area contributed by atoms with Crippen LogP contribution < -0.4 is 0 Å². The van der Waals surface area contributed by atoms with Crippen LogP contribution in [0.5, 0.6) is 0 Å². The standard InChI is InChI=1S/C8H9ClN2O2/c1-2-13-8(12)3-6-4-11-7(9)5-10-6/h4-5H,2-3H2,1H3. The van der Waals surface area contributed by atoms with Crippen molar-refractivity contribution in [3.8, 4) is 0 Å². The molecule has 13 heavy (non-hydrogen) atoms. The van der Waals surface area contributed by atoms with Crippen LogP contribution in [0.25, 0.3) is 0 Å². The molecule has 0 unspecified atom stereocenters. The Morgan fingerprint density at radius 3 is 2.85 bits per heavy atom. The molecule has 0 aliphatic heterocycles. The first kappa shape index (κ1) is 9.92. The van der Waals surface area contributed by atoms with Crippen molar-refractivity contribution in [2.45, 2.75) is 13.3 Å². The highest BCUT2D eigenvalue weighted by molar-refractivity contribution is 6.29. The highest BCUT2D eigenvalue weighted by atomic mass is 35.5. The smallest absolute Gasteiger partial charge is 0.311 e. The third-order valence-corrected chi connectivity index (χ3v) is 1.50. The molecule has 0 aliphatic rings. The molecule has 0 aromatic carbocycles. The third-order valence-electron chi connectivity index (χ3n) is 1.30. The monoisotopic (exact) mass is 200 g/mol. The Morgan fingerprint density at radius 2 is 2.31 bits per heavy atom. The largest absolute Gasteiger partial charge is 0.466 e. The second kappa shape index (κ2) is 4.77. The zero-order valence-electron chi connectivity index (χ0n) is 7.16. The van der Waals surface area contributed by atoms with Crippen molar-refractivity contribution in [2.24, 2.45) is 0 Å². The second-order valence-corrected chi connectivity index (χ2v) is 2.70. The van der Waals surface area contributed by atoms with Crippen LogP contribution in [0.4, 0.5) is 0 Å². The van der Waals surface area contributed by atoms with Gasteiger partial charge in [-0.1, -0.05) is 11.6 Å². The maximum absolute atomic E-state index is 11.0. The molecule has 0 saturated heterocycles. The number of ether oxygens (including phenoxy) is 1. The molecule has 0 aliphatic carbocycles. The number of nitrogens with zero attached hydrogens (tertiary/aromatic N) is 2. The fourth-order valence-corrected chi connectivity index (χ4v) is 0.888. The number of rotatable bonds is 3. The van der Waals surface area contributed by atoms with E-state index in [1.54, 1.807) is 6.92 Å². The van der Waals surface area contributed by atoms with E-state index in [0.717, 1.165) is 0 Å². The molecule has 1 aromatic heterocycles. The van der Waals surface area contributed by atoms with E-state index in [0.29, 0.717) is 17.5 Å². The molecule has 0 atom stereocenters. The van der Waals surface area contributed by atoms with Crippen LogP contribution in [-0.4, -0.2) is 22.5 Å². The Morgan fingerprint density at radius 1 is 1.54 bits per heavy atom. The van der Waals surface area contributed by atoms with Gasteiger partial charge in [-0.05, 0) is 6.92 Å². The van der Waals surface area contributed by atoms with E-state index in [-0.39, 0.29) is 12.4 Å². The summed E-state index contributed by atoms with van der Waals surface area (Å²) >= 11 is 5.52. The zero-order chi connectivity index (χ0) is 9.68. The molecule has 0 N–H and O–H groups in total. The zero-order valence-corrected chi connectivity index (χ0v) is 7.91. The van der Waals surface area contributed by atoms with Gasteiger partial charge in [0.1, 0.15) is 5.15 Å². The molecule has 70 valence electrons. The average molecular weight is 201 g/mol. The predicted octanol–water partition coefficient (Wildman–Crippen LogP) is 1.24. The average Bonchev–Trinajstić information content (AvgIpc) is 2.09. The minimum absolute atomic E-state index is 0.137. The number of halogens is 1. The molecule has 1 heterocycles. The van der Waals surface area contributed by atoms with Crippen molar-refractivity contribution in [1.29, 1.82) is 0 Å². The summed E-state index contributed by atoms with van der Waals surface area (Å²) in [5, 5.41) is 0.313. The Balaban J connectivity index is 2.54. The topological polar surface area (TPSA) is 52.1 Å². The lowest BCUT2D eigenvalue weighted by atomic mass is 10.3. The van der Waals surface area contributed by atoms with E-state index < -0.39 is 0 Å². The van der Waals surface area contributed by atoms with Crippen LogP contribution in [-0.2, 0) is 16.0 Å². The highest BCUT2D eigenvalue weighted by Crippen LogP contribution is 2.02. The maximum Gasteiger partial charge on any atom is 0.311 e. The molecule has 0 spiro atoms. The molecule has 0 saturated carbocycles. The summed E-state index contributed by atoms with van der Waals surface area (Å²) in [5.41, 5.74) is 0.558. The molecule has 1 rings (SSSR count). The van der Waals surface area contributed by atoms with E-state index in [1.165, 1.54) is 12.4 Å². The number of hydrogen-bond acceptors (Lipinski definition) is 4. The molecule has 4 nitrogen and oxygen atoms in total. The van der Waals surface area contributed by atoms with E-state index >= 15 is 0 Å². The van der Waals surface area contributed by atoms with Crippen LogP contribution in [0.2, 0.25) is 5.15 Å². The van der Waals surface area contributed by atoms with Gasteiger partial charge in [-0.3, -0.25) is 9.78 Å². The first-order valence-electron chi connectivity index (χ1n) is 3.84. The Kier molecular flexibility index (Phi) is 3.64. The van der Waals surface area contributed by atoms with E-state index in [4.69, 9.17) is 16.3 Å². The summed E-state index contributed by atoms with van der Waals surface area (Å²) in [4.78, 5) is 18.7. The number of carbonyl (C=O) groups is 1. The van der Waals surface area contributed by atoms with Gasteiger partial charge in [0.2, 0.25) is 0 Å². The molecular formula is C8H9ClN2O2. The summed E-state index contributed by atoms with van der Waals surface area (Å²) in [6.45, 7) is 2.13.